The number of hydrogen-bond donors (Lipinski definition) is 2. The van der Waals surface area contributed by atoms with Crippen molar-refractivity contribution in [2.45, 2.75) is 6.42 Å². The second-order valence-corrected chi connectivity index (χ2v) is 9.92. The zero-order valence-corrected chi connectivity index (χ0v) is 17.8. The minimum atomic E-state index is -3.74. The highest BCUT2D eigenvalue weighted by Gasteiger charge is 2.23. The van der Waals surface area contributed by atoms with E-state index < -0.39 is 26.0 Å². The molecule has 160 valence electrons. The summed E-state index contributed by atoms with van der Waals surface area (Å²) in [4.78, 5) is 12.7. The van der Waals surface area contributed by atoms with E-state index >= 15 is 0 Å². The lowest BCUT2D eigenvalue weighted by atomic mass is 10.0. The number of phenols is 2. The Morgan fingerprint density at radius 3 is 2.52 bits per heavy atom. The van der Waals surface area contributed by atoms with Gasteiger partial charge in [-0.15, -0.1) is 0 Å². The van der Waals surface area contributed by atoms with E-state index in [1.54, 1.807) is 24.3 Å². The summed E-state index contributed by atoms with van der Waals surface area (Å²) in [6.45, 7) is 0. The molecule has 31 heavy (non-hydrogen) atoms. The number of aromatic nitrogens is 1. The molecule has 0 unspecified atom stereocenters. The summed E-state index contributed by atoms with van der Waals surface area (Å²) >= 11 is 6.21. The van der Waals surface area contributed by atoms with Gasteiger partial charge in [0.15, 0.2) is 11.0 Å². The predicted molar refractivity (Wildman–Crippen MR) is 115 cm³/mol. The summed E-state index contributed by atoms with van der Waals surface area (Å²) in [7, 11) is 1.47. The molecule has 2 heterocycles. The van der Waals surface area contributed by atoms with Gasteiger partial charge in [0.25, 0.3) is 0 Å². The van der Waals surface area contributed by atoms with Crippen molar-refractivity contribution in [1.29, 1.82) is 0 Å². The third kappa shape index (κ3) is 4.25. The average Bonchev–Trinajstić information content (AvgIpc) is 3.14. The summed E-state index contributed by atoms with van der Waals surface area (Å²) in [5.41, 5.74) is -0.201. The number of nitrogens with zero attached hydrogens (tertiary/aromatic N) is 1. The molecule has 0 amide bonds. The molecule has 2 N–H and O–H groups in total. The Hall–Kier alpha value is -3.01. The zero-order valence-electron chi connectivity index (χ0n) is 15.5. The average molecular weight is 482 g/mol. The second kappa shape index (κ2) is 7.92. The molecule has 0 saturated carbocycles. The minimum Gasteiger partial charge on any atom is -0.507 e. The van der Waals surface area contributed by atoms with E-state index in [0.717, 1.165) is 6.07 Å². The molecule has 0 bridgehead atoms. The SMILES string of the molecule is O=c1cc(-c2ccccc2Cl)oc2c(-c3cc(CCS(=O)(=O)Cl)on3)c(O)cc(O)c12. The Morgan fingerprint density at radius 1 is 1.06 bits per heavy atom. The van der Waals surface area contributed by atoms with Crippen LogP contribution in [0.5, 0.6) is 11.5 Å². The standard InChI is InChI=1S/C20H13Cl2NO7S/c21-12-4-2-1-3-11(12)17-9-16(26)19-15(25)8-14(24)18(20(19)29-17)13-7-10(30-23-13)5-6-31(22,27)28/h1-4,7-9,24-25H,5-6H2. The summed E-state index contributed by atoms with van der Waals surface area (Å²) in [5, 5.41) is 24.7. The Bertz CT molecular complexity index is 1470. The lowest BCUT2D eigenvalue weighted by Crippen LogP contribution is -2.02. The molecule has 0 fully saturated rings. The number of aromatic hydroxyl groups is 2. The molecule has 0 aliphatic rings. The molecule has 0 spiro atoms. The van der Waals surface area contributed by atoms with Crippen LogP contribution >= 0.6 is 22.3 Å². The van der Waals surface area contributed by atoms with Crippen LogP contribution in [0.1, 0.15) is 5.76 Å². The van der Waals surface area contributed by atoms with Crippen molar-refractivity contribution in [3.05, 3.63) is 63.5 Å². The third-order valence-electron chi connectivity index (χ3n) is 4.51. The highest BCUT2D eigenvalue weighted by atomic mass is 35.7. The van der Waals surface area contributed by atoms with Gasteiger partial charge in [-0.3, -0.25) is 4.79 Å². The van der Waals surface area contributed by atoms with Crippen LogP contribution in [0.15, 0.2) is 56.2 Å². The smallest absolute Gasteiger partial charge is 0.233 e. The van der Waals surface area contributed by atoms with Crippen molar-refractivity contribution in [2.24, 2.45) is 0 Å². The fourth-order valence-electron chi connectivity index (χ4n) is 3.11. The van der Waals surface area contributed by atoms with Crippen LogP contribution in [-0.4, -0.2) is 29.5 Å². The zero-order chi connectivity index (χ0) is 22.3. The van der Waals surface area contributed by atoms with Gasteiger partial charge in [-0.25, -0.2) is 8.42 Å². The van der Waals surface area contributed by atoms with Gasteiger partial charge in [0.1, 0.15) is 34.1 Å². The van der Waals surface area contributed by atoms with Crippen molar-refractivity contribution in [3.8, 4) is 34.1 Å². The van der Waals surface area contributed by atoms with Crippen LogP contribution in [0, 0.1) is 0 Å². The molecule has 0 atom stereocenters. The maximum absolute atomic E-state index is 12.7. The number of phenolic OH excluding ortho intramolecular Hbond substituents is 2. The Kier molecular flexibility index (Phi) is 5.42. The van der Waals surface area contributed by atoms with E-state index in [-0.39, 0.29) is 45.9 Å². The van der Waals surface area contributed by atoms with Gasteiger partial charge in [-0.05, 0) is 12.1 Å². The van der Waals surface area contributed by atoms with Crippen LogP contribution in [0.3, 0.4) is 0 Å². The first kappa shape index (κ1) is 21.2. The molecule has 2 aromatic carbocycles. The number of rotatable bonds is 5. The highest BCUT2D eigenvalue weighted by Crippen LogP contribution is 2.41. The summed E-state index contributed by atoms with van der Waals surface area (Å²) in [5.74, 6) is -0.977. The van der Waals surface area contributed by atoms with Crippen LogP contribution in [-0.2, 0) is 15.5 Å². The summed E-state index contributed by atoms with van der Waals surface area (Å²) < 4.78 is 33.3. The van der Waals surface area contributed by atoms with Gasteiger partial charge >= 0.3 is 0 Å². The van der Waals surface area contributed by atoms with Crippen molar-refractivity contribution in [1.82, 2.24) is 5.16 Å². The first-order chi connectivity index (χ1) is 14.6. The lowest BCUT2D eigenvalue weighted by molar-refractivity contribution is 0.388. The molecule has 4 aromatic rings. The van der Waals surface area contributed by atoms with E-state index in [1.807, 2.05) is 0 Å². The van der Waals surface area contributed by atoms with Crippen molar-refractivity contribution < 1.29 is 27.6 Å². The topological polar surface area (TPSA) is 131 Å². The van der Waals surface area contributed by atoms with E-state index in [0.29, 0.717) is 10.6 Å². The maximum atomic E-state index is 12.7. The number of hydrogen-bond acceptors (Lipinski definition) is 8. The highest BCUT2D eigenvalue weighted by molar-refractivity contribution is 8.13. The Balaban J connectivity index is 1.93. The second-order valence-electron chi connectivity index (χ2n) is 6.62. The maximum Gasteiger partial charge on any atom is 0.233 e. The van der Waals surface area contributed by atoms with E-state index in [1.165, 1.54) is 12.1 Å². The largest absolute Gasteiger partial charge is 0.507 e. The van der Waals surface area contributed by atoms with Crippen LogP contribution < -0.4 is 5.43 Å². The fourth-order valence-corrected chi connectivity index (χ4v) is 4.02. The van der Waals surface area contributed by atoms with Crippen LogP contribution in [0.25, 0.3) is 33.6 Å². The first-order valence-electron chi connectivity index (χ1n) is 8.80. The number of halogens is 2. The van der Waals surface area contributed by atoms with Crippen LogP contribution in [0.2, 0.25) is 5.02 Å². The van der Waals surface area contributed by atoms with Crippen molar-refractivity contribution in [2.75, 3.05) is 5.75 Å². The van der Waals surface area contributed by atoms with Gasteiger partial charge in [-0.2, -0.15) is 0 Å². The molecule has 0 radical (unpaired) electrons. The van der Waals surface area contributed by atoms with Crippen molar-refractivity contribution in [3.63, 3.8) is 0 Å². The predicted octanol–water partition coefficient (Wildman–Crippen LogP) is 4.29. The number of fused-ring (bicyclic) bond motifs is 1. The van der Waals surface area contributed by atoms with E-state index in [9.17, 15) is 23.4 Å². The fraction of sp³-hybridized carbons (Fsp3) is 0.100. The first-order valence-corrected chi connectivity index (χ1v) is 11.7. The quantitative estimate of drug-likeness (QED) is 0.403. The van der Waals surface area contributed by atoms with E-state index in [2.05, 4.69) is 5.16 Å². The number of aryl methyl sites for hydroxylation is 1. The molecule has 2 aromatic heterocycles. The molecule has 0 aliphatic heterocycles. The molecule has 4 rings (SSSR count). The summed E-state index contributed by atoms with van der Waals surface area (Å²) in [6.07, 6.45) is -0.0512. The molecular weight excluding hydrogens is 469 g/mol. The third-order valence-corrected chi connectivity index (χ3v) is 5.99. The molecule has 0 saturated heterocycles. The van der Waals surface area contributed by atoms with Gasteiger partial charge in [0.05, 0.1) is 16.3 Å². The number of benzene rings is 2. The lowest BCUT2D eigenvalue weighted by Gasteiger charge is -2.10. The monoisotopic (exact) mass is 481 g/mol. The molecule has 11 heteroatoms. The van der Waals surface area contributed by atoms with Gasteiger partial charge in [0.2, 0.25) is 9.05 Å². The van der Waals surface area contributed by atoms with Gasteiger partial charge < -0.3 is 19.2 Å². The van der Waals surface area contributed by atoms with Crippen LogP contribution in [0.4, 0.5) is 0 Å². The molecule has 0 aliphatic carbocycles. The van der Waals surface area contributed by atoms with Gasteiger partial charge in [0, 0.05) is 40.9 Å². The Morgan fingerprint density at radius 2 is 1.81 bits per heavy atom. The van der Waals surface area contributed by atoms with E-state index in [4.69, 9.17) is 31.2 Å². The van der Waals surface area contributed by atoms with Crippen molar-refractivity contribution >= 4 is 42.3 Å². The summed E-state index contributed by atoms with van der Waals surface area (Å²) in [6, 6.07) is 10.3. The molecule has 8 nitrogen and oxygen atoms in total. The minimum absolute atomic E-state index is 0.0115. The molecular formula is C20H13Cl2NO7S. The van der Waals surface area contributed by atoms with Gasteiger partial charge in [-0.1, -0.05) is 28.9 Å². The Labute approximate surface area is 184 Å². The normalized spacial score (nSPS) is 11.8.